The average Bonchev–Trinajstić information content (AvgIpc) is 2.89. The molecule has 3 nitrogen and oxygen atoms in total. The molecule has 5 rings (SSSR count). The number of aliphatic hydroxyl groups excluding tert-OH is 1. The molecule has 6 atom stereocenters. The molecule has 0 spiro atoms. The van der Waals surface area contributed by atoms with Gasteiger partial charge < -0.3 is 5.11 Å². The van der Waals surface area contributed by atoms with Gasteiger partial charge in [0.25, 0.3) is 0 Å². The quantitative estimate of drug-likeness (QED) is 0.459. The fourth-order valence-electron chi connectivity index (χ4n) is 5.52. The fraction of sp³-hybridized carbons (Fsp3) is 0.700. The van der Waals surface area contributed by atoms with Gasteiger partial charge in [-0.1, -0.05) is 80.2 Å². The predicted octanol–water partition coefficient (Wildman–Crippen LogP) is 8.12. The van der Waals surface area contributed by atoms with Crippen molar-refractivity contribution in [1.82, 2.24) is 9.88 Å². The molecule has 4 unspecified atom stereocenters. The molecule has 0 aliphatic carbocycles. The van der Waals surface area contributed by atoms with E-state index in [1.54, 1.807) is 0 Å². The monoisotopic (exact) mass is 454 g/mol. The highest BCUT2D eigenvalue weighted by Gasteiger charge is 2.42. The van der Waals surface area contributed by atoms with Gasteiger partial charge in [0, 0.05) is 24.2 Å². The lowest BCUT2D eigenvalue weighted by Gasteiger charge is -2.51. The number of fused-ring (bicyclic) bond motifs is 4. The van der Waals surface area contributed by atoms with Crippen LogP contribution in [-0.4, -0.2) is 34.1 Å². The summed E-state index contributed by atoms with van der Waals surface area (Å²) in [7, 11) is 0. The second kappa shape index (κ2) is 14.1. The van der Waals surface area contributed by atoms with Crippen LogP contribution in [0.4, 0.5) is 0 Å². The molecule has 4 heterocycles. The van der Waals surface area contributed by atoms with Crippen molar-refractivity contribution < 1.29 is 5.11 Å². The smallest absolute Gasteiger partial charge is 0.0952 e. The van der Waals surface area contributed by atoms with E-state index in [9.17, 15) is 5.11 Å². The first-order valence-corrected chi connectivity index (χ1v) is 13.8. The summed E-state index contributed by atoms with van der Waals surface area (Å²) in [5, 5.41) is 12.5. The normalized spacial score (nSPS) is 25.5. The minimum Gasteiger partial charge on any atom is -0.387 e. The molecule has 33 heavy (non-hydrogen) atoms. The van der Waals surface area contributed by atoms with Crippen LogP contribution in [0.25, 0.3) is 10.9 Å². The lowest BCUT2D eigenvalue weighted by molar-refractivity contribution is -0.0562. The van der Waals surface area contributed by atoms with Crippen molar-refractivity contribution in [3.05, 3.63) is 41.6 Å². The maximum Gasteiger partial charge on any atom is 0.0952 e. The zero-order chi connectivity index (χ0) is 24.4. The molecule has 1 aromatic carbocycles. The fourth-order valence-corrected chi connectivity index (χ4v) is 5.52. The summed E-state index contributed by atoms with van der Waals surface area (Å²) in [6.07, 6.45) is 10.3. The van der Waals surface area contributed by atoms with Gasteiger partial charge in [0.1, 0.15) is 0 Å². The maximum atomic E-state index is 11.3. The number of piperidine rings is 3. The van der Waals surface area contributed by atoms with Crippen molar-refractivity contribution in [2.75, 3.05) is 13.1 Å². The van der Waals surface area contributed by atoms with E-state index in [4.69, 9.17) is 0 Å². The average molecular weight is 455 g/mol. The van der Waals surface area contributed by atoms with Crippen molar-refractivity contribution in [3.63, 3.8) is 0 Å². The van der Waals surface area contributed by atoms with Gasteiger partial charge in [-0.15, -0.1) is 0 Å². The number of aliphatic hydroxyl groups is 1. The molecule has 0 saturated carbocycles. The number of unbranched alkanes of at least 4 members (excludes halogenated alkanes) is 2. The number of nitrogens with zero attached hydrogens (tertiary/aromatic N) is 2. The van der Waals surface area contributed by atoms with Crippen LogP contribution in [0.1, 0.15) is 117 Å². The number of pyridine rings is 1. The predicted molar refractivity (Wildman–Crippen MR) is 144 cm³/mol. The van der Waals surface area contributed by atoms with Crippen LogP contribution >= 0.6 is 0 Å². The number of rotatable bonds is 7. The third-order valence-electron chi connectivity index (χ3n) is 7.83. The Morgan fingerprint density at radius 1 is 1.09 bits per heavy atom. The summed E-state index contributed by atoms with van der Waals surface area (Å²) in [6.45, 7) is 17.5. The van der Waals surface area contributed by atoms with Gasteiger partial charge in [0.15, 0.2) is 0 Å². The molecule has 0 radical (unpaired) electrons. The third-order valence-corrected chi connectivity index (χ3v) is 7.83. The van der Waals surface area contributed by atoms with E-state index in [0.29, 0.717) is 5.92 Å². The summed E-state index contributed by atoms with van der Waals surface area (Å²) in [4.78, 5) is 7.09. The third kappa shape index (κ3) is 6.79. The zero-order valence-electron chi connectivity index (χ0n) is 22.5. The van der Waals surface area contributed by atoms with Crippen molar-refractivity contribution in [2.45, 2.75) is 111 Å². The molecule has 1 aromatic heterocycles. The topological polar surface area (TPSA) is 36.4 Å². The number of aromatic nitrogens is 1. The van der Waals surface area contributed by atoms with Gasteiger partial charge >= 0.3 is 0 Å². The first-order valence-electron chi connectivity index (χ1n) is 13.8. The number of benzene rings is 1. The molecule has 0 amide bonds. The van der Waals surface area contributed by atoms with Crippen LogP contribution in [0, 0.1) is 11.8 Å². The van der Waals surface area contributed by atoms with Gasteiger partial charge in [-0.25, -0.2) is 0 Å². The van der Waals surface area contributed by atoms with Crippen LogP contribution in [0.3, 0.4) is 0 Å². The summed E-state index contributed by atoms with van der Waals surface area (Å²) in [5.74, 6) is 2.14. The van der Waals surface area contributed by atoms with E-state index < -0.39 is 6.10 Å². The van der Waals surface area contributed by atoms with Gasteiger partial charge in [-0.05, 0) is 72.9 Å². The number of hydrogen-bond donors (Lipinski definition) is 1. The Labute approximate surface area is 204 Å². The maximum absolute atomic E-state index is 11.3. The highest BCUT2D eigenvalue weighted by Crippen LogP contribution is 2.42. The summed E-state index contributed by atoms with van der Waals surface area (Å²) in [5.41, 5.74) is 3.40. The van der Waals surface area contributed by atoms with E-state index in [1.807, 2.05) is 26.1 Å². The first-order chi connectivity index (χ1) is 16.0. The molecular weight excluding hydrogens is 404 g/mol. The Kier molecular flexibility index (Phi) is 11.8. The Morgan fingerprint density at radius 2 is 1.82 bits per heavy atom. The van der Waals surface area contributed by atoms with E-state index in [2.05, 4.69) is 62.7 Å². The zero-order valence-corrected chi connectivity index (χ0v) is 22.5. The molecule has 3 heteroatoms. The van der Waals surface area contributed by atoms with Crippen molar-refractivity contribution in [2.24, 2.45) is 11.8 Å². The van der Waals surface area contributed by atoms with E-state index in [1.165, 1.54) is 37.7 Å². The van der Waals surface area contributed by atoms with Crippen LogP contribution in [0.15, 0.2) is 30.5 Å². The Balaban J connectivity index is 0.000000489. The van der Waals surface area contributed by atoms with Crippen LogP contribution < -0.4 is 0 Å². The van der Waals surface area contributed by atoms with E-state index >= 15 is 0 Å². The lowest BCUT2D eigenvalue weighted by atomic mass is 9.72. The van der Waals surface area contributed by atoms with Crippen LogP contribution in [-0.2, 0) is 0 Å². The van der Waals surface area contributed by atoms with Gasteiger partial charge in [0.2, 0.25) is 0 Å². The van der Waals surface area contributed by atoms with Crippen molar-refractivity contribution >= 4 is 10.9 Å². The van der Waals surface area contributed by atoms with Crippen molar-refractivity contribution in [3.8, 4) is 0 Å². The van der Waals surface area contributed by atoms with E-state index in [0.717, 1.165) is 54.2 Å². The van der Waals surface area contributed by atoms with Gasteiger partial charge in [0.05, 0.1) is 11.6 Å². The molecule has 1 N–H and O–H groups in total. The molecule has 3 aliphatic rings. The molecule has 2 aromatic rings. The molecule has 3 saturated heterocycles. The van der Waals surface area contributed by atoms with Gasteiger partial charge in [-0.2, -0.15) is 0 Å². The highest BCUT2D eigenvalue weighted by atomic mass is 16.3. The van der Waals surface area contributed by atoms with Gasteiger partial charge in [-0.3, -0.25) is 9.88 Å². The Hall–Kier alpha value is -1.45. The summed E-state index contributed by atoms with van der Waals surface area (Å²) < 4.78 is 0. The lowest BCUT2D eigenvalue weighted by Crippen LogP contribution is -2.55. The molecule has 3 aliphatic heterocycles. The van der Waals surface area contributed by atoms with Crippen LogP contribution in [0.5, 0.6) is 0 Å². The van der Waals surface area contributed by atoms with Crippen LogP contribution in [0.2, 0.25) is 0 Å². The Bertz CT molecular complexity index is 818. The number of hydrogen-bond acceptors (Lipinski definition) is 3. The molecule has 186 valence electrons. The second-order valence-corrected chi connectivity index (χ2v) is 9.80. The molecule has 2 bridgehead atoms. The standard InChI is InChI=1S/C23H32N2O.C5H12.C2H6/c1-4-15(3)17-6-7-21-20(12-17)19(8-10-24-21)23(26)22-13-18-9-11-25(22)14-16(18)5-2;1-3-5-4-2;1-2/h6-8,10,12,15-16,18,22-23,26H,4-5,9,11,13-14H2,1-3H3;3-5H2,1-2H3;1-2H3/t15?,16?,18?,22-,23-;;/m1../s1. The summed E-state index contributed by atoms with van der Waals surface area (Å²) >= 11 is 0. The second-order valence-electron chi connectivity index (χ2n) is 9.80. The minimum atomic E-state index is -0.423. The SMILES string of the molecule is CC.CCC(C)c1ccc2nccc([C@@H](O)[C@H]3CC4CCN3CC4CC)c2c1.CCCCC. The first kappa shape index (κ1) is 27.8. The minimum absolute atomic E-state index is 0.259. The summed E-state index contributed by atoms with van der Waals surface area (Å²) in [6, 6.07) is 8.87. The van der Waals surface area contributed by atoms with E-state index in [-0.39, 0.29) is 6.04 Å². The highest BCUT2D eigenvalue weighted by molar-refractivity contribution is 5.83. The molecular formula is C30H50N2O. The molecule has 3 fully saturated rings. The Morgan fingerprint density at radius 3 is 2.36 bits per heavy atom. The largest absolute Gasteiger partial charge is 0.387 e. The van der Waals surface area contributed by atoms with Crippen molar-refractivity contribution in [1.29, 1.82) is 0 Å².